The Morgan fingerprint density at radius 3 is 1.23 bits per heavy atom. The van der Waals surface area contributed by atoms with Crippen molar-refractivity contribution in [1.29, 1.82) is 0 Å². The van der Waals surface area contributed by atoms with Crippen molar-refractivity contribution in [3.05, 3.63) is 125 Å². The van der Waals surface area contributed by atoms with Crippen molar-refractivity contribution in [2.45, 2.75) is 0 Å². The molecule has 0 aromatic heterocycles. The molecule has 4 nitrogen and oxygen atoms in total. The van der Waals surface area contributed by atoms with Crippen LogP contribution in [0.15, 0.2) is 115 Å². The first-order valence-corrected chi connectivity index (χ1v) is 10.4. The van der Waals surface area contributed by atoms with E-state index in [0.29, 0.717) is 0 Å². The molecular formula is C24H21ClNO3P. The van der Waals surface area contributed by atoms with E-state index < -0.39 is 12.8 Å². The molecule has 0 spiro atoms. The largest absolute Gasteiger partial charge is 0.502 e. The molecule has 4 aromatic carbocycles. The predicted octanol–water partition coefficient (Wildman–Crippen LogP) is 5.17. The molecule has 1 N–H and O–H groups in total. The fourth-order valence-electron chi connectivity index (χ4n) is 2.80. The average molecular weight is 438 g/mol. The molecule has 0 aliphatic heterocycles. The van der Waals surface area contributed by atoms with Crippen LogP contribution in [0.3, 0.4) is 0 Å². The van der Waals surface area contributed by atoms with Gasteiger partial charge in [0.2, 0.25) is 0 Å². The van der Waals surface area contributed by atoms with Gasteiger partial charge >= 0.3 is 5.69 Å². The van der Waals surface area contributed by atoms with Crippen molar-refractivity contribution in [1.82, 2.24) is 0 Å². The molecule has 0 saturated carbocycles. The number of nitro benzene ring substituents is 1. The van der Waals surface area contributed by atoms with Gasteiger partial charge in [-0.1, -0.05) is 103 Å². The number of hydrogen-bond acceptors (Lipinski definition) is 3. The molecule has 0 bridgehead atoms. The quantitative estimate of drug-likeness (QED) is 0.272. The van der Waals surface area contributed by atoms with Crippen molar-refractivity contribution in [2.75, 3.05) is 0 Å². The Morgan fingerprint density at radius 2 is 0.933 bits per heavy atom. The van der Waals surface area contributed by atoms with E-state index in [0.717, 1.165) is 0 Å². The normalized spacial score (nSPS) is 9.77. The molecule has 0 atom stereocenters. The van der Waals surface area contributed by atoms with Gasteiger partial charge < -0.3 is 5.11 Å². The molecule has 30 heavy (non-hydrogen) atoms. The fourth-order valence-corrected chi connectivity index (χ4v) is 5.10. The molecule has 0 fully saturated rings. The van der Waals surface area contributed by atoms with E-state index in [1.807, 2.05) is 0 Å². The van der Waals surface area contributed by atoms with Gasteiger partial charge in [0, 0.05) is 6.07 Å². The van der Waals surface area contributed by atoms with Crippen LogP contribution in [-0.4, -0.2) is 10.0 Å². The van der Waals surface area contributed by atoms with Crippen LogP contribution in [0.25, 0.3) is 0 Å². The van der Waals surface area contributed by atoms with Crippen LogP contribution in [0.5, 0.6) is 5.75 Å². The monoisotopic (exact) mass is 437 g/mol. The topological polar surface area (TPSA) is 63.4 Å². The number of nitro groups is 1. The second kappa shape index (κ2) is 11.7. The summed E-state index contributed by atoms with van der Waals surface area (Å²) >= 11 is 0. The van der Waals surface area contributed by atoms with E-state index in [2.05, 4.69) is 91.0 Å². The zero-order chi connectivity index (χ0) is 20.5. The van der Waals surface area contributed by atoms with Crippen LogP contribution in [-0.2, 0) is 0 Å². The summed E-state index contributed by atoms with van der Waals surface area (Å²) < 4.78 is 0. The molecule has 0 radical (unpaired) electrons. The molecule has 0 amide bonds. The molecule has 4 aromatic rings. The van der Waals surface area contributed by atoms with Crippen molar-refractivity contribution >= 4 is 41.9 Å². The number of benzene rings is 4. The molecule has 0 aliphatic carbocycles. The van der Waals surface area contributed by atoms with Gasteiger partial charge in [0.15, 0.2) is 5.75 Å². The summed E-state index contributed by atoms with van der Waals surface area (Å²) in [7, 11) is -0.446. The lowest BCUT2D eigenvalue weighted by molar-refractivity contribution is -0.385. The number of para-hydroxylation sites is 2. The van der Waals surface area contributed by atoms with Crippen molar-refractivity contribution in [2.24, 2.45) is 0 Å². The Kier molecular flexibility index (Phi) is 9.02. The lowest BCUT2D eigenvalue weighted by Gasteiger charge is -2.18. The smallest absolute Gasteiger partial charge is 0.310 e. The molecule has 4 rings (SSSR count). The maximum absolute atomic E-state index is 10.1. The number of halogens is 1. The van der Waals surface area contributed by atoms with Crippen molar-refractivity contribution in [3.8, 4) is 5.75 Å². The minimum atomic E-state index is -0.630. The maximum Gasteiger partial charge on any atom is 0.310 e. The van der Waals surface area contributed by atoms with Gasteiger partial charge in [-0.25, -0.2) is 0 Å². The Hall–Kier alpha value is -3.20. The molecule has 152 valence electrons. The third kappa shape index (κ3) is 6.15. The molecule has 0 aliphatic rings. The van der Waals surface area contributed by atoms with Crippen LogP contribution >= 0.6 is 20.3 Å². The number of nitrogens with zero attached hydrogens (tertiary/aromatic N) is 1. The van der Waals surface area contributed by atoms with Crippen LogP contribution < -0.4 is 15.9 Å². The maximum atomic E-state index is 10.1. The van der Waals surface area contributed by atoms with Gasteiger partial charge in [-0.15, -0.1) is 12.4 Å². The minimum Gasteiger partial charge on any atom is -0.502 e. The molecular weight excluding hydrogens is 417 g/mol. The number of rotatable bonds is 4. The lowest BCUT2D eigenvalue weighted by Crippen LogP contribution is -2.20. The third-order valence-corrected chi connectivity index (χ3v) is 6.57. The molecule has 0 unspecified atom stereocenters. The second-order valence-corrected chi connectivity index (χ2v) is 8.31. The highest BCUT2D eigenvalue weighted by Gasteiger charge is 2.15. The van der Waals surface area contributed by atoms with Gasteiger partial charge in [-0.3, -0.25) is 10.1 Å². The fraction of sp³-hybridized carbons (Fsp3) is 0. The number of phenolic OH excluding ortho intramolecular Hbond substituents is 1. The Morgan fingerprint density at radius 1 is 0.600 bits per heavy atom. The van der Waals surface area contributed by atoms with Crippen molar-refractivity contribution < 1.29 is 10.0 Å². The van der Waals surface area contributed by atoms with E-state index in [-0.39, 0.29) is 23.8 Å². The van der Waals surface area contributed by atoms with E-state index in [1.54, 1.807) is 0 Å². The summed E-state index contributed by atoms with van der Waals surface area (Å²) in [5.74, 6) is -0.299. The summed E-state index contributed by atoms with van der Waals surface area (Å²) in [5.41, 5.74) is -0.262. The highest BCUT2D eigenvalue weighted by Crippen LogP contribution is 2.32. The zero-order valence-electron chi connectivity index (χ0n) is 16.0. The number of aromatic hydroxyl groups is 1. The van der Waals surface area contributed by atoms with Crippen LogP contribution in [0.4, 0.5) is 5.69 Å². The summed E-state index contributed by atoms with van der Waals surface area (Å²) in [6, 6.07) is 37.9. The minimum absolute atomic E-state index is 0. The molecule has 0 heterocycles. The first-order chi connectivity index (χ1) is 14.2. The van der Waals surface area contributed by atoms with Gasteiger partial charge in [0.1, 0.15) is 0 Å². The highest BCUT2D eigenvalue weighted by molar-refractivity contribution is 7.79. The van der Waals surface area contributed by atoms with Gasteiger partial charge in [0.05, 0.1) is 4.92 Å². The Labute approximate surface area is 183 Å². The Bertz CT molecular complexity index is 954. The van der Waals surface area contributed by atoms with E-state index in [4.69, 9.17) is 5.11 Å². The summed E-state index contributed by atoms with van der Waals surface area (Å²) in [6.45, 7) is 0. The first-order valence-electron chi connectivity index (χ1n) is 9.04. The summed E-state index contributed by atoms with van der Waals surface area (Å²) in [6.07, 6.45) is 0. The van der Waals surface area contributed by atoms with Gasteiger partial charge in [-0.05, 0) is 29.9 Å². The van der Waals surface area contributed by atoms with Crippen LogP contribution in [0.2, 0.25) is 0 Å². The van der Waals surface area contributed by atoms with Crippen molar-refractivity contribution in [3.63, 3.8) is 0 Å². The first kappa shape index (κ1) is 23.1. The van der Waals surface area contributed by atoms with Crippen LogP contribution in [0.1, 0.15) is 0 Å². The SMILES string of the molecule is Cl.O=[N+]([O-])c1ccccc1O.c1ccc(P(c2ccccc2)c2ccccc2)cc1. The van der Waals surface area contributed by atoms with Gasteiger partial charge in [-0.2, -0.15) is 0 Å². The van der Waals surface area contributed by atoms with Crippen LogP contribution in [0, 0.1) is 10.1 Å². The Balaban J connectivity index is 0.000000249. The van der Waals surface area contributed by atoms with E-state index >= 15 is 0 Å². The third-order valence-electron chi connectivity index (χ3n) is 4.12. The average Bonchev–Trinajstić information content (AvgIpc) is 2.77. The predicted molar refractivity (Wildman–Crippen MR) is 127 cm³/mol. The molecule has 6 heteroatoms. The van der Waals surface area contributed by atoms with Gasteiger partial charge in [0.25, 0.3) is 0 Å². The summed E-state index contributed by atoms with van der Waals surface area (Å²) in [5, 5.41) is 23.1. The standard InChI is InChI=1S/C18H15P.C6H5NO3.ClH/c1-4-10-16(11-5-1)19(17-12-6-2-7-13-17)18-14-8-3-9-15-18;8-6-4-2-1-3-5(6)7(9)10;/h1-15H;1-4,8H;1H. The van der Waals surface area contributed by atoms with E-state index in [9.17, 15) is 10.1 Å². The number of hydrogen-bond donors (Lipinski definition) is 1. The zero-order valence-corrected chi connectivity index (χ0v) is 17.7. The lowest BCUT2D eigenvalue weighted by atomic mass is 10.3. The second-order valence-electron chi connectivity index (χ2n) is 6.09. The molecule has 0 saturated heterocycles. The highest BCUT2D eigenvalue weighted by atomic mass is 35.5. The number of phenols is 1. The van der Waals surface area contributed by atoms with E-state index in [1.165, 1.54) is 40.2 Å². The summed E-state index contributed by atoms with van der Waals surface area (Å²) in [4.78, 5) is 9.44.